The van der Waals surface area contributed by atoms with E-state index < -0.39 is 11.2 Å². The van der Waals surface area contributed by atoms with E-state index in [1.165, 1.54) is 0 Å². The van der Waals surface area contributed by atoms with Crippen molar-refractivity contribution in [3.8, 4) is 0 Å². The van der Waals surface area contributed by atoms with E-state index in [2.05, 4.69) is 16.5 Å². The van der Waals surface area contributed by atoms with Crippen LogP contribution in [0.4, 0.5) is 5.82 Å². The molecule has 1 unspecified atom stereocenters. The normalized spacial score (nSPS) is 12.6. The Morgan fingerprint density at radius 3 is 2.78 bits per heavy atom. The quantitative estimate of drug-likeness (QED) is 0.553. The summed E-state index contributed by atoms with van der Waals surface area (Å²) in [5.41, 5.74) is 8.83. The summed E-state index contributed by atoms with van der Waals surface area (Å²) in [6.45, 7) is 4.84. The monoisotopic (exact) mass is 424 g/mol. The average molecular weight is 425 g/mol. The van der Waals surface area contributed by atoms with Crippen LogP contribution in [0.1, 0.15) is 31.2 Å². The molecule has 3 rings (SSSR count). The van der Waals surface area contributed by atoms with Gasteiger partial charge in [0.05, 0.1) is 10.5 Å². The highest BCUT2D eigenvalue weighted by molar-refractivity contribution is 7.91. The zero-order valence-corrected chi connectivity index (χ0v) is 17.7. The summed E-state index contributed by atoms with van der Waals surface area (Å²) in [7, 11) is 0. The molecule has 0 spiro atoms. The van der Waals surface area contributed by atoms with Gasteiger partial charge in [0.25, 0.3) is 0 Å². The van der Waals surface area contributed by atoms with Gasteiger partial charge < -0.3 is 14.9 Å². The van der Waals surface area contributed by atoms with E-state index in [-0.39, 0.29) is 0 Å². The summed E-state index contributed by atoms with van der Waals surface area (Å²) in [6, 6.07) is 5.06. The molecule has 0 aliphatic rings. The molecule has 0 saturated heterocycles. The van der Waals surface area contributed by atoms with Gasteiger partial charge in [0.1, 0.15) is 17.1 Å². The number of rotatable bonds is 7. The Bertz CT molecular complexity index is 961. The fraction of sp³-hybridized carbons (Fsp3) is 0.368. The predicted octanol–water partition coefficient (Wildman–Crippen LogP) is 4.78. The maximum absolute atomic E-state index is 12.6. The van der Waals surface area contributed by atoms with E-state index in [0.29, 0.717) is 33.1 Å². The number of nitrogen functional groups attached to an aromatic ring is 1. The number of aryl methyl sites for hydroxylation is 3. The Kier molecular flexibility index (Phi) is 6.52. The molecule has 27 heavy (non-hydrogen) atoms. The van der Waals surface area contributed by atoms with Crippen LogP contribution in [0.15, 0.2) is 29.3 Å². The van der Waals surface area contributed by atoms with E-state index in [1.54, 1.807) is 24.4 Å². The third-order valence-corrected chi connectivity index (χ3v) is 6.55. The Balaban J connectivity index is 1.80. The highest BCUT2D eigenvalue weighted by Crippen LogP contribution is 2.27. The van der Waals surface area contributed by atoms with Gasteiger partial charge in [-0.15, -0.1) is 0 Å². The minimum absolute atomic E-state index is 0.440. The molecular weight excluding hydrogens is 403 g/mol. The molecule has 0 bridgehead atoms. The zero-order valence-electron chi connectivity index (χ0n) is 15.3. The van der Waals surface area contributed by atoms with Crippen LogP contribution in [0, 0.1) is 6.92 Å². The van der Waals surface area contributed by atoms with Crippen LogP contribution in [0.3, 0.4) is 0 Å². The van der Waals surface area contributed by atoms with Crippen molar-refractivity contribution < 1.29 is 4.55 Å². The summed E-state index contributed by atoms with van der Waals surface area (Å²) in [6.07, 6.45) is 4.36. The van der Waals surface area contributed by atoms with E-state index in [9.17, 15) is 4.55 Å². The lowest BCUT2D eigenvalue weighted by atomic mass is 10.2. The molecule has 0 fully saturated rings. The number of fused-ring (bicyclic) bond motifs is 1. The van der Waals surface area contributed by atoms with Crippen LogP contribution in [0.5, 0.6) is 0 Å². The van der Waals surface area contributed by atoms with Crippen molar-refractivity contribution in [1.82, 2.24) is 14.5 Å². The van der Waals surface area contributed by atoms with Gasteiger partial charge in [0.15, 0.2) is 10.7 Å². The fourth-order valence-corrected chi connectivity index (χ4v) is 4.92. The van der Waals surface area contributed by atoms with Gasteiger partial charge in [-0.3, -0.25) is 0 Å². The van der Waals surface area contributed by atoms with E-state index in [0.717, 1.165) is 41.7 Å². The first-order valence-electron chi connectivity index (χ1n) is 8.86. The topological polar surface area (TPSA) is 79.8 Å². The molecule has 1 aromatic carbocycles. The van der Waals surface area contributed by atoms with E-state index in [1.807, 2.05) is 6.92 Å². The van der Waals surface area contributed by atoms with Crippen LogP contribution < -0.4 is 5.73 Å². The summed E-state index contributed by atoms with van der Waals surface area (Å²) in [5.74, 6) is 1.94. The van der Waals surface area contributed by atoms with E-state index in [4.69, 9.17) is 33.9 Å². The highest BCUT2D eigenvalue weighted by atomic mass is 35.5. The summed E-state index contributed by atoms with van der Waals surface area (Å²) < 4.78 is 14.8. The smallest absolute Gasteiger partial charge is 0.171 e. The lowest BCUT2D eigenvalue weighted by Gasteiger charge is -2.14. The first kappa shape index (κ1) is 20.3. The number of nitrogens with two attached hydrogens (primary N) is 1. The van der Waals surface area contributed by atoms with Crippen LogP contribution >= 0.6 is 23.2 Å². The Labute approximate surface area is 172 Å². The third kappa shape index (κ3) is 4.35. The number of hydrogen-bond acceptors (Lipinski definition) is 4. The molecule has 1 atom stereocenters. The molecule has 2 aromatic heterocycles. The van der Waals surface area contributed by atoms with Gasteiger partial charge in [-0.25, -0.2) is 9.97 Å². The number of aromatic nitrogens is 3. The van der Waals surface area contributed by atoms with E-state index >= 15 is 0 Å². The lowest BCUT2D eigenvalue weighted by Crippen LogP contribution is -2.12. The van der Waals surface area contributed by atoms with Gasteiger partial charge in [0.2, 0.25) is 0 Å². The van der Waals surface area contributed by atoms with Crippen molar-refractivity contribution in [1.29, 1.82) is 0 Å². The van der Waals surface area contributed by atoms with Gasteiger partial charge >= 0.3 is 0 Å². The van der Waals surface area contributed by atoms with Crippen molar-refractivity contribution in [2.45, 2.75) is 44.6 Å². The molecule has 0 aliphatic heterocycles. The Hall–Kier alpha value is -1.47. The second kappa shape index (κ2) is 8.69. The zero-order chi connectivity index (χ0) is 19.6. The molecule has 0 saturated carbocycles. The maximum atomic E-state index is 12.6. The SMILES string of the molecule is CCCc1nc2c(N)ncc(C)c2n1CCC[S+]([O-])c1ccc(Cl)cc1Cl. The Morgan fingerprint density at radius 2 is 2.07 bits per heavy atom. The summed E-state index contributed by atoms with van der Waals surface area (Å²) in [5, 5.41) is 0.979. The first-order chi connectivity index (χ1) is 12.9. The molecule has 0 aliphatic carbocycles. The molecular formula is C19H22Cl2N4OS. The molecule has 2 heterocycles. The number of pyridine rings is 1. The minimum Gasteiger partial charge on any atom is -0.611 e. The summed E-state index contributed by atoms with van der Waals surface area (Å²) in [4.78, 5) is 9.54. The third-order valence-electron chi connectivity index (χ3n) is 4.38. The molecule has 0 radical (unpaired) electrons. The van der Waals surface area contributed by atoms with Crippen LogP contribution in [0.25, 0.3) is 11.0 Å². The van der Waals surface area contributed by atoms with Crippen molar-refractivity contribution in [2.75, 3.05) is 11.5 Å². The summed E-state index contributed by atoms with van der Waals surface area (Å²) >= 11 is 10.9. The van der Waals surface area contributed by atoms with Crippen molar-refractivity contribution in [3.63, 3.8) is 0 Å². The number of benzene rings is 1. The highest BCUT2D eigenvalue weighted by Gasteiger charge is 2.18. The number of hydrogen-bond donors (Lipinski definition) is 1. The first-order valence-corrected chi connectivity index (χ1v) is 10.9. The molecule has 5 nitrogen and oxygen atoms in total. The number of halogens is 2. The number of nitrogens with zero attached hydrogens (tertiary/aromatic N) is 3. The second-order valence-corrected chi connectivity index (χ2v) is 8.81. The molecule has 8 heteroatoms. The number of imidazole rings is 1. The van der Waals surface area contributed by atoms with Gasteiger partial charge in [-0.2, -0.15) is 0 Å². The molecule has 3 aromatic rings. The predicted molar refractivity (Wildman–Crippen MR) is 113 cm³/mol. The van der Waals surface area contributed by atoms with Crippen molar-refractivity contribution in [3.05, 3.63) is 45.8 Å². The second-order valence-electron chi connectivity index (χ2n) is 6.43. The van der Waals surface area contributed by atoms with Crippen molar-refractivity contribution in [2.24, 2.45) is 0 Å². The van der Waals surface area contributed by atoms with Crippen LogP contribution in [-0.2, 0) is 24.1 Å². The molecule has 144 valence electrons. The van der Waals surface area contributed by atoms with Gasteiger partial charge in [0, 0.05) is 30.6 Å². The average Bonchev–Trinajstić information content (AvgIpc) is 2.98. The minimum atomic E-state index is -1.18. The molecule has 0 amide bonds. The van der Waals surface area contributed by atoms with Crippen LogP contribution in [0.2, 0.25) is 10.0 Å². The lowest BCUT2D eigenvalue weighted by molar-refractivity contribution is 0.583. The standard InChI is InChI=1S/C19H22Cl2N4OS/c1-3-5-16-24-17-18(12(2)11-23-19(17)22)25(16)8-4-9-27(26)15-7-6-13(20)10-14(15)21/h6-7,10-11H,3-5,8-9H2,1-2H3,(H2,22,23). The molecule has 2 N–H and O–H groups in total. The van der Waals surface area contributed by atoms with Gasteiger partial charge in [-0.1, -0.05) is 30.1 Å². The van der Waals surface area contributed by atoms with Crippen LogP contribution in [-0.4, -0.2) is 24.8 Å². The maximum Gasteiger partial charge on any atom is 0.171 e. The number of anilines is 1. The largest absolute Gasteiger partial charge is 0.611 e. The Morgan fingerprint density at radius 1 is 1.30 bits per heavy atom. The fourth-order valence-electron chi connectivity index (χ4n) is 3.15. The van der Waals surface area contributed by atoms with Gasteiger partial charge in [-0.05, 0) is 48.3 Å². The van der Waals surface area contributed by atoms with Crippen molar-refractivity contribution >= 4 is 51.2 Å².